The fraction of sp³-hybridized carbons (Fsp3) is 0.385. The molecule has 82 valence electrons. The van der Waals surface area contributed by atoms with Gasteiger partial charge in [-0.1, -0.05) is 24.3 Å². The average molecular weight is 206 g/mol. The predicted octanol–water partition coefficient (Wildman–Crippen LogP) is 3.00. The third kappa shape index (κ3) is 3.10. The van der Waals surface area contributed by atoms with Gasteiger partial charge in [0.2, 0.25) is 0 Å². The Morgan fingerprint density at radius 1 is 1.40 bits per heavy atom. The van der Waals surface area contributed by atoms with Crippen molar-refractivity contribution < 1.29 is 9.84 Å². The summed E-state index contributed by atoms with van der Waals surface area (Å²) in [7, 11) is 0. The molecule has 2 nitrogen and oxygen atoms in total. The summed E-state index contributed by atoms with van der Waals surface area (Å²) in [4.78, 5) is 0. The summed E-state index contributed by atoms with van der Waals surface area (Å²) in [6, 6.07) is 5.80. The summed E-state index contributed by atoms with van der Waals surface area (Å²) in [6.45, 7) is 9.31. The van der Waals surface area contributed by atoms with Crippen LogP contribution >= 0.6 is 0 Å². The number of rotatable bonds is 4. The minimum absolute atomic E-state index is 0.0507. The van der Waals surface area contributed by atoms with Crippen LogP contribution in [0.1, 0.15) is 31.1 Å². The molecule has 0 aliphatic heterocycles. The molecule has 0 heterocycles. The van der Waals surface area contributed by atoms with Crippen LogP contribution in [0.4, 0.5) is 0 Å². The van der Waals surface area contributed by atoms with Gasteiger partial charge in [0.1, 0.15) is 11.9 Å². The molecular weight excluding hydrogens is 188 g/mol. The lowest BCUT2D eigenvalue weighted by molar-refractivity contribution is 0.187. The quantitative estimate of drug-likeness (QED) is 0.767. The molecule has 0 fully saturated rings. The van der Waals surface area contributed by atoms with E-state index in [4.69, 9.17) is 4.74 Å². The van der Waals surface area contributed by atoms with Crippen LogP contribution in [-0.4, -0.2) is 11.2 Å². The first kappa shape index (κ1) is 11.8. The van der Waals surface area contributed by atoms with Gasteiger partial charge in [-0.15, -0.1) is 0 Å². The maximum Gasteiger partial charge on any atom is 0.125 e. The van der Waals surface area contributed by atoms with Gasteiger partial charge in [-0.3, -0.25) is 0 Å². The van der Waals surface area contributed by atoms with Crippen molar-refractivity contribution in [3.8, 4) is 5.75 Å². The molecule has 1 aromatic carbocycles. The lowest BCUT2D eigenvalue weighted by Gasteiger charge is -2.16. The molecule has 0 saturated heterocycles. The minimum atomic E-state index is -0.517. The summed E-state index contributed by atoms with van der Waals surface area (Å²) in [6.07, 6.45) is 1.16. The zero-order valence-corrected chi connectivity index (χ0v) is 9.53. The molecule has 1 unspecified atom stereocenters. The zero-order valence-electron chi connectivity index (χ0n) is 9.53. The first-order chi connectivity index (χ1) is 7.04. The lowest BCUT2D eigenvalue weighted by atomic mass is 10.1. The molecule has 15 heavy (non-hydrogen) atoms. The van der Waals surface area contributed by atoms with Gasteiger partial charge in [0.05, 0.1) is 6.10 Å². The molecule has 1 aromatic rings. The van der Waals surface area contributed by atoms with Crippen LogP contribution in [0.15, 0.2) is 30.9 Å². The smallest absolute Gasteiger partial charge is 0.125 e. The van der Waals surface area contributed by atoms with Gasteiger partial charge in [0, 0.05) is 5.56 Å². The van der Waals surface area contributed by atoms with E-state index in [0.29, 0.717) is 0 Å². The number of hydrogen-bond donors (Lipinski definition) is 1. The molecule has 0 radical (unpaired) electrons. The highest BCUT2D eigenvalue weighted by Crippen LogP contribution is 2.27. The predicted molar refractivity (Wildman–Crippen MR) is 62.1 cm³/mol. The van der Waals surface area contributed by atoms with Gasteiger partial charge >= 0.3 is 0 Å². The Bertz CT molecular complexity index is 342. The average Bonchev–Trinajstić information content (AvgIpc) is 2.20. The fourth-order valence-corrected chi connectivity index (χ4v) is 1.35. The number of aliphatic hydroxyl groups excluding tert-OH is 1. The number of aryl methyl sites for hydroxylation is 1. The van der Waals surface area contributed by atoms with Gasteiger partial charge in [0.25, 0.3) is 0 Å². The molecular formula is C13H18O2. The van der Waals surface area contributed by atoms with Crippen molar-refractivity contribution >= 4 is 0 Å². The molecule has 2 heteroatoms. The summed E-state index contributed by atoms with van der Waals surface area (Å²) >= 11 is 0. The molecule has 0 spiro atoms. The van der Waals surface area contributed by atoms with E-state index in [1.807, 2.05) is 32.0 Å². The summed E-state index contributed by atoms with van der Waals surface area (Å²) < 4.78 is 5.63. The Morgan fingerprint density at radius 3 is 2.60 bits per heavy atom. The number of hydrogen-bond acceptors (Lipinski definition) is 2. The number of ether oxygens (including phenoxy) is 1. The maximum absolute atomic E-state index is 9.61. The van der Waals surface area contributed by atoms with Gasteiger partial charge in [0.15, 0.2) is 0 Å². The highest BCUT2D eigenvalue weighted by Gasteiger charge is 2.10. The minimum Gasteiger partial charge on any atom is -0.486 e. The second kappa shape index (κ2) is 4.99. The van der Waals surface area contributed by atoms with Crippen LogP contribution in [0, 0.1) is 6.92 Å². The van der Waals surface area contributed by atoms with Crippen molar-refractivity contribution in [2.24, 2.45) is 0 Å². The molecule has 0 aliphatic carbocycles. The van der Waals surface area contributed by atoms with E-state index in [1.54, 1.807) is 13.0 Å². The molecule has 1 rings (SSSR count). The topological polar surface area (TPSA) is 29.5 Å². The van der Waals surface area contributed by atoms with Crippen LogP contribution in [0.3, 0.4) is 0 Å². The lowest BCUT2D eigenvalue weighted by Crippen LogP contribution is -2.10. The number of aliphatic hydroxyl groups is 1. The van der Waals surface area contributed by atoms with E-state index in [1.165, 1.54) is 0 Å². The van der Waals surface area contributed by atoms with Crippen molar-refractivity contribution in [1.82, 2.24) is 0 Å². The molecule has 0 aliphatic rings. The number of benzene rings is 1. The van der Waals surface area contributed by atoms with Gasteiger partial charge in [-0.2, -0.15) is 0 Å². The summed E-state index contributed by atoms with van der Waals surface area (Å²) in [5, 5.41) is 9.61. The molecule has 0 bridgehead atoms. The van der Waals surface area contributed by atoms with E-state index >= 15 is 0 Å². The van der Waals surface area contributed by atoms with Gasteiger partial charge in [-0.25, -0.2) is 0 Å². The van der Waals surface area contributed by atoms with Crippen molar-refractivity contribution in [1.29, 1.82) is 0 Å². The van der Waals surface area contributed by atoms with Gasteiger partial charge in [-0.05, 0) is 32.9 Å². The first-order valence-corrected chi connectivity index (χ1v) is 5.12. The van der Waals surface area contributed by atoms with E-state index < -0.39 is 6.10 Å². The standard InChI is InChI=1S/C13H18O2/c1-5-10(3)15-13-7-6-9(2)8-12(13)11(4)14/h5-8,10-11,14H,1H2,2-4H3/t10?,11-/m0/s1. The summed E-state index contributed by atoms with van der Waals surface area (Å²) in [5.74, 6) is 0.725. The van der Waals surface area contributed by atoms with Crippen LogP contribution in [0.5, 0.6) is 5.75 Å². The Morgan fingerprint density at radius 2 is 2.07 bits per heavy atom. The highest BCUT2D eigenvalue weighted by molar-refractivity contribution is 5.38. The summed E-state index contributed by atoms with van der Waals surface area (Å²) in [5.41, 5.74) is 1.94. The normalized spacial score (nSPS) is 14.4. The SMILES string of the molecule is C=CC(C)Oc1ccc(C)cc1[C@H](C)O. The van der Waals surface area contributed by atoms with Crippen molar-refractivity contribution in [3.63, 3.8) is 0 Å². The van der Waals surface area contributed by atoms with E-state index in [0.717, 1.165) is 16.9 Å². The van der Waals surface area contributed by atoms with Gasteiger partial charge < -0.3 is 9.84 Å². The Labute approximate surface area is 91.2 Å². The van der Waals surface area contributed by atoms with E-state index in [9.17, 15) is 5.11 Å². The third-order valence-electron chi connectivity index (χ3n) is 2.26. The van der Waals surface area contributed by atoms with Crippen molar-refractivity contribution in [2.75, 3.05) is 0 Å². The molecule has 1 N–H and O–H groups in total. The van der Waals surface area contributed by atoms with E-state index in [2.05, 4.69) is 6.58 Å². The largest absolute Gasteiger partial charge is 0.486 e. The Kier molecular flexibility index (Phi) is 3.92. The third-order valence-corrected chi connectivity index (χ3v) is 2.26. The molecule has 0 amide bonds. The van der Waals surface area contributed by atoms with Crippen LogP contribution in [-0.2, 0) is 0 Å². The zero-order chi connectivity index (χ0) is 11.4. The van der Waals surface area contributed by atoms with Crippen LogP contribution < -0.4 is 4.74 Å². The van der Waals surface area contributed by atoms with Crippen LogP contribution in [0.2, 0.25) is 0 Å². The molecule has 0 saturated carbocycles. The highest BCUT2D eigenvalue weighted by atomic mass is 16.5. The Hall–Kier alpha value is -1.28. The van der Waals surface area contributed by atoms with Crippen LogP contribution in [0.25, 0.3) is 0 Å². The van der Waals surface area contributed by atoms with Crippen molar-refractivity contribution in [2.45, 2.75) is 33.0 Å². The maximum atomic E-state index is 9.61. The molecule has 2 atom stereocenters. The second-order valence-electron chi connectivity index (χ2n) is 3.78. The van der Waals surface area contributed by atoms with E-state index in [-0.39, 0.29) is 6.10 Å². The molecule has 0 aromatic heterocycles. The first-order valence-electron chi connectivity index (χ1n) is 5.12. The fourth-order valence-electron chi connectivity index (χ4n) is 1.35. The van der Waals surface area contributed by atoms with Crippen molar-refractivity contribution in [3.05, 3.63) is 42.0 Å². The monoisotopic (exact) mass is 206 g/mol. The Balaban J connectivity index is 3.00. The second-order valence-corrected chi connectivity index (χ2v) is 3.78.